The summed E-state index contributed by atoms with van der Waals surface area (Å²) in [6.07, 6.45) is 9.25. The van der Waals surface area contributed by atoms with Crippen LogP contribution in [0.15, 0.2) is 462 Å². The quantitative estimate of drug-likeness (QED) is 0.0747. The Labute approximate surface area is 791 Å². The predicted molar refractivity (Wildman–Crippen MR) is 552 cm³/mol. The Morgan fingerprint density at radius 2 is 0.406 bits per heavy atom. The molecule has 0 saturated carbocycles. The van der Waals surface area contributed by atoms with Gasteiger partial charge < -0.3 is 0 Å². The van der Waals surface area contributed by atoms with E-state index in [0.717, 1.165) is 145 Å². The van der Waals surface area contributed by atoms with Crippen LogP contribution in [0.2, 0.25) is 0 Å². The van der Waals surface area contributed by atoms with E-state index in [0.29, 0.717) is 102 Å². The molecule has 0 fully saturated rings. The van der Waals surface area contributed by atoms with Crippen LogP contribution in [0.3, 0.4) is 0 Å². The molecule has 138 heavy (non-hydrogen) atoms. The molecule has 26 aromatic rings. The lowest BCUT2D eigenvalue weighted by atomic mass is 10.0. The maximum absolute atomic E-state index is 5.91. The molecule has 14 aromatic carbocycles. The summed E-state index contributed by atoms with van der Waals surface area (Å²) < 4.78 is 13.1. The lowest BCUT2D eigenvalue weighted by Crippen LogP contribution is -2.05. The summed E-state index contributed by atoms with van der Waals surface area (Å²) in [4.78, 5) is 66.3. The molecule has 0 N–H and O–H groups in total. The Bertz CT molecular complexity index is 8860. The summed E-state index contributed by atoms with van der Waals surface area (Å²) in [5.74, 6) is 3.81. The number of imidazole rings is 6. The van der Waals surface area contributed by atoms with Crippen LogP contribution in [0, 0.1) is 0 Å². The van der Waals surface area contributed by atoms with Crippen LogP contribution in [-0.4, -0.2) is 87.2 Å². The summed E-state index contributed by atoms with van der Waals surface area (Å²) >= 11 is 0. The van der Waals surface area contributed by atoms with Crippen LogP contribution in [0.4, 0.5) is 0 Å². The minimum atomic E-state index is 0.591. The smallest absolute Gasteiger partial charge is 0.165 e. The lowest BCUT2D eigenvalue weighted by Gasteiger charge is -2.18. The van der Waals surface area contributed by atoms with E-state index in [1.165, 1.54) is 0 Å². The van der Waals surface area contributed by atoms with E-state index < -0.39 is 0 Å². The fraction of sp³-hybridized carbons (Fsp3) is 0. The highest BCUT2D eigenvalue weighted by atomic mass is 15.2. The summed E-state index contributed by atoms with van der Waals surface area (Å²) in [7, 11) is 0. The van der Waals surface area contributed by atoms with E-state index in [4.69, 9.17) is 59.8 Å². The van der Waals surface area contributed by atoms with Crippen molar-refractivity contribution in [2.75, 3.05) is 0 Å². The van der Waals surface area contributed by atoms with Crippen LogP contribution in [-0.2, 0) is 0 Å². The second kappa shape index (κ2) is 33.6. The number of pyridine rings is 6. The highest BCUT2D eigenvalue weighted by Gasteiger charge is 2.30. The average Bonchev–Trinajstić information content (AvgIpc) is 1.58. The standard InChI is InChI=1S/C120H76N18/c1-7-32-77(33-8-1)83-44-25-47-93(72-83)133-109(127-100-53-28-62-121-115(100)133)86-66-87(110-128-101-54-29-63-122-116(101)134(110)94-48-26-45-84(73-94)78-34-9-2-10-35-78)68-88(67-86)111-132-105-75-92(76-125-119(105)135(111)95-49-27-46-85(74-95)79-36-11-3-12-37-79)99-60-61-104-120(126-99)138(108-59-24-21-52-98(108)82-42-17-6-18-43-82)114(131-104)91-70-89(112-129-102-55-30-64-123-117(102)136(112)106-57-22-19-50-96(106)80-38-13-4-14-39-80)69-90(71-91)113-130-103-56-31-65-124-118(103)137(113)107-58-23-20-51-97(107)81-40-15-5-16-41-81/h1-76H. The summed E-state index contributed by atoms with van der Waals surface area (Å²) in [6.45, 7) is 0. The molecule has 26 rings (SSSR count). The van der Waals surface area contributed by atoms with Crippen LogP contribution < -0.4 is 0 Å². The molecule has 0 saturated heterocycles. The normalized spacial score (nSPS) is 11.6. The first-order valence-electron chi connectivity index (χ1n) is 45.8. The van der Waals surface area contributed by atoms with Gasteiger partial charge in [-0.15, -0.1) is 0 Å². The number of fused-ring (bicyclic) bond motifs is 6. The van der Waals surface area contributed by atoms with E-state index in [1.54, 1.807) is 0 Å². The minimum absolute atomic E-state index is 0.591. The molecule has 0 radical (unpaired) electrons. The first kappa shape index (κ1) is 79.7. The van der Waals surface area contributed by atoms with Crippen LogP contribution in [0.1, 0.15) is 0 Å². The Hall–Kier alpha value is -19.2. The van der Waals surface area contributed by atoms with Crippen LogP contribution >= 0.6 is 0 Å². The third-order valence-corrected chi connectivity index (χ3v) is 25.7. The predicted octanol–water partition coefficient (Wildman–Crippen LogP) is 27.8. The van der Waals surface area contributed by atoms with E-state index in [2.05, 4.69) is 367 Å². The monoisotopic (exact) mass is 1770 g/mol. The van der Waals surface area contributed by atoms with Gasteiger partial charge >= 0.3 is 0 Å². The second-order valence-electron chi connectivity index (χ2n) is 34.1. The number of hydrogen-bond donors (Lipinski definition) is 0. The molecular weight excluding hydrogens is 1690 g/mol. The van der Waals surface area contributed by atoms with Gasteiger partial charge in [-0.05, 0) is 208 Å². The number of hydrogen-bond acceptors (Lipinski definition) is 12. The Morgan fingerprint density at radius 1 is 0.145 bits per heavy atom. The van der Waals surface area contributed by atoms with Crippen molar-refractivity contribution in [2.45, 2.75) is 0 Å². The van der Waals surface area contributed by atoms with Crippen molar-refractivity contribution in [1.82, 2.24) is 87.2 Å². The Morgan fingerprint density at radius 3 is 0.739 bits per heavy atom. The molecule has 646 valence electrons. The lowest BCUT2D eigenvalue weighted by molar-refractivity contribution is 1.06. The van der Waals surface area contributed by atoms with Gasteiger partial charge in [0.05, 0.1) is 22.8 Å². The Kier molecular flexibility index (Phi) is 19.4. The minimum Gasteiger partial charge on any atom is -0.277 e. The molecule has 12 aromatic heterocycles. The largest absolute Gasteiger partial charge is 0.277 e. The number of para-hydroxylation sites is 3. The molecule has 0 bridgehead atoms. The van der Waals surface area contributed by atoms with Gasteiger partial charge in [-0.2, -0.15) is 0 Å². The van der Waals surface area contributed by atoms with Gasteiger partial charge in [-0.1, -0.05) is 273 Å². The zero-order valence-electron chi connectivity index (χ0n) is 73.9. The first-order chi connectivity index (χ1) is 68.4. The zero-order chi connectivity index (χ0) is 91.1. The van der Waals surface area contributed by atoms with Gasteiger partial charge in [0.1, 0.15) is 68.0 Å². The fourth-order valence-electron chi connectivity index (χ4n) is 19.4. The Balaban J connectivity index is 0.707. The maximum atomic E-state index is 5.91. The fourth-order valence-corrected chi connectivity index (χ4v) is 19.4. The molecule has 18 nitrogen and oxygen atoms in total. The molecule has 12 heterocycles. The van der Waals surface area contributed by atoms with Crippen molar-refractivity contribution in [1.29, 1.82) is 0 Å². The number of benzene rings is 14. The van der Waals surface area contributed by atoms with Crippen molar-refractivity contribution in [3.05, 3.63) is 462 Å². The maximum Gasteiger partial charge on any atom is 0.165 e. The molecule has 18 heteroatoms. The van der Waals surface area contributed by atoms with Crippen LogP contribution in [0.5, 0.6) is 0 Å². The molecular formula is C120H76N18. The van der Waals surface area contributed by atoms with Gasteiger partial charge in [-0.25, -0.2) is 59.8 Å². The number of rotatable bonds is 19. The van der Waals surface area contributed by atoms with Crippen molar-refractivity contribution in [3.8, 4) is 180 Å². The third kappa shape index (κ3) is 14.1. The molecule has 0 amide bonds. The molecule has 0 spiro atoms. The van der Waals surface area contributed by atoms with Crippen molar-refractivity contribution in [3.63, 3.8) is 0 Å². The summed E-state index contributed by atoms with van der Waals surface area (Å²) in [5.41, 5.74) is 31.6. The first-order valence-corrected chi connectivity index (χ1v) is 45.8. The average molecular weight is 1770 g/mol. The van der Waals surface area contributed by atoms with Gasteiger partial charge in [-0.3, -0.25) is 27.4 Å². The summed E-state index contributed by atoms with van der Waals surface area (Å²) in [6, 6.07) is 149. The van der Waals surface area contributed by atoms with E-state index in [9.17, 15) is 0 Å². The molecule has 0 aliphatic carbocycles. The molecule has 0 aliphatic rings. The molecule has 0 aliphatic heterocycles. The SMILES string of the molecule is c1ccc(-c2cccc(-n3c(-c4cc(-c5nc6cccnc6n5-c5cccc(-c6ccccc6)c5)cc(-c5nc6cc(-c7ccc8nc(-c9cc(-c%10nc%11cccnc%11n%10-c%10ccccc%10-c%10ccccc%10)cc(-c%10nc%11cccnc%11n%10-c%10ccccc%10-c%10ccccc%10)c9)n(-c9ccccc9-c9ccccc9)c8n7)cnc6n5-c5cccc(-c6ccccc6)c5)c4)nc4cccnc43)c2)cc1. The van der Waals surface area contributed by atoms with Gasteiger partial charge in [0.15, 0.2) is 33.9 Å². The summed E-state index contributed by atoms with van der Waals surface area (Å²) in [5, 5.41) is 0. The number of nitrogens with zero attached hydrogens (tertiary/aromatic N) is 18. The highest BCUT2D eigenvalue weighted by Crippen LogP contribution is 2.46. The van der Waals surface area contributed by atoms with E-state index >= 15 is 0 Å². The van der Waals surface area contributed by atoms with Gasteiger partial charge in [0.2, 0.25) is 0 Å². The topological polar surface area (TPSA) is 184 Å². The van der Waals surface area contributed by atoms with Gasteiger partial charge in [0, 0.05) is 104 Å². The van der Waals surface area contributed by atoms with E-state index in [1.807, 2.05) is 122 Å². The van der Waals surface area contributed by atoms with Crippen molar-refractivity contribution >= 4 is 67.0 Å². The number of aromatic nitrogens is 18. The van der Waals surface area contributed by atoms with Crippen molar-refractivity contribution < 1.29 is 0 Å². The van der Waals surface area contributed by atoms with Crippen molar-refractivity contribution in [2.24, 2.45) is 0 Å². The zero-order valence-corrected chi connectivity index (χ0v) is 73.9. The highest BCUT2D eigenvalue weighted by molar-refractivity contribution is 5.96. The van der Waals surface area contributed by atoms with Crippen LogP contribution in [0.25, 0.3) is 247 Å². The third-order valence-electron chi connectivity index (χ3n) is 25.7. The second-order valence-corrected chi connectivity index (χ2v) is 34.1. The molecule has 0 atom stereocenters. The van der Waals surface area contributed by atoms with Gasteiger partial charge in [0.25, 0.3) is 0 Å². The van der Waals surface area contributed by atoms with E-state index in [-0.39, 0.29) is 0 Å². The molecule has 0 unspecified atom stereocenters.